The van der Waals surface area contributed by atoms with E-state index in [2.05, 4.69) is 6.58 Å². The Bertz CT molecular complexity index is 191. The number of ether oxygens (including phenoxy) is 2. The Morgan fingerprint density at radius 2 is 1.60 bits per heavy atom. The van der Waals surface area contributed by atoms with Gasteiger partial charge in [0.15, 0.2) is 0 Å². The molecule has 0 spiro atoms. The molecule has 1 saturated carbocycles. The highest BCUT2D eigenvalue weighted by Gasteiger charge is 2.21. The summed E-state index contributed by atoms with van der Waals surface area (Å²) in [6.07, 6.45) is 10.3. The Hall–Kier alpha value is -0.920. The van der Waals surface area contributed by atoms with Gasteiger partial charge < -0.3 is 9.47 Å². The summed E-state index contributed by atoms with van der Waals surface area (Å²) in [7, 11) is 0. The zero-order valence-corrected chi connectivity index (χ0v) is 9.65. The standard InChI is InChI=1S/C13H22O2/c1-3-9-15-11-13-7-5-12(6-8-13)10-14-4-2/h3-4,9,12-13H,2,5-8,10-11H2,1H3/b9-3+. The van der Waals surface area contributed by atoms with Gasteiger partial charge in [0.25, 0.3) is 0 Å². The van der Waals surface area contributed by atoms with E-state index >= 15 is 0 Å². The van der Waals surface area contributed by atoms with Crippen LogP contribution in [0, 0.1) is 11.8 Å². The van der Waals surface area contributed by atoms with Crippen molar-refractivity contribution in [2.75, 3.05) is 13.2 Å². The third-order valence-corrected chi connectivity index (χ3v) is 2.98. The maximum atomic E-state index is 5.41. The maximum Gasteiger partial charge on any atom is 0.0901 e. The highest BCUT2D eigenvalue weighted by atomic mass is 16.5. The number of allylic oxidation sites excluding steroid dienone is 1. The fourth-order valence-electron chi connectivity index (χ4n) is 2.06. The predicted molar refractivity (Wildman–Crippen MR) is 62.4 cm³/mol. The molecule has 2 heteroatoms. The van der Waals surface area contributed by atoms with Crippen LogP contribution in [0.4, 0.5) is 0 Å². The largest absolute Gasteiger partial charge is 0.502 e. The van der Waals surface area contributed by atoms with Gasteiger partial charge in [-0.05, 0) is 44.4 Å². The van der Waals surface area contributed by atoms with Crippen molar-refractivity contribution < 1.29 is 9.47 Å². The fraction of sp³-hybridized carbons (Fsp3) is 0.692. The van der Waals surface area contributed by atoms with Crippen LogP contribution in [0.25, 0.3) is 0 Å². The number of hydrogen-bond donors (Lipinski definition) is 0. The third-order valence-electron chi connectivity index (χ3n) is 2.98. The van der Waals surface area contributed by atoms with Gasteiger partial charge in [0.1, 0.15) is 0 Å². The van der Waals surface area contributed by atoms with E-state index in [-0.39, 0.29) is 0 Å². The first-order valence-electron chi connectivity index (χ1n) is 5.82. The molecule has 1 aliphatic rings. The minimum atomic E-state index is 0.723. The second-order valence-electron chi connectivity index (χ2n) is 4.19. The van der Waals surface area contributed by atoms with E-state index in [1.54, 1.807) is 12.5 Å². The minimum Gasteiger partial charge on any atom is -0.502 e. The molecule has 0 atom stereocenters. The highest BCUT2D eigenvalue weighted by molar-refractivity contribution is 4.74. The van der Waals surface area contributed by atoms with Gasteiger partial charge in [-0.1, -0.05) is 12.7 Å². The van der Waals surface area contributed by atoms with Gasteiger partial charge in [0, 0.05) is 0 Å². The van der Waals surface area contributed by atoms with E-state index in [1.807, 2.05) is 13.0 Å². The summed E-state index contributed by atoms with van der Waals surface area (Å²) in [4.78, 5) is 0. The molecule has 0 bridgehead atoms. The zero-order chi connectivity index (χ0) is 10.9. The summed E-state index contributed by atoms with van der Waals surface area (Å²) in [6.45, 7) is 7.25. The fourth-order valence-corrected chi connectivity index (χ4v) is 2.06. The lowest BCUT2D eigenvalue weighted by atomic mass is 9.83. The van der Waals surface area contributed by atoms with Crippen molar-refractivity contribution in [1.82, 2.24) is 0 Å². The molecule has 0 unspecified atom stereocenters. The van der Waals surface area contributed by atoms with Crippen LogP contribution < -0.4 is 0 Å². The van der Waals surface area contributed by atoms with E-state index in [0.717, 1.165) is 25.0 Å². The van der Waals surface area contributed by atoms with Crippen LogP contribution in [0.5, 0.6) is 0 Å². The van der Waals surface area contributed by atoms with Gasteiger partial charge in [-0.2, -0.15) is 0 Å². The molecule has 2 nitrogen and oxygen atoms in total. The van der Waals surface area contributed by atoms with Crippen molar-refractivity contribution in [3.05, 3.63) is 25.2 Å². The molecule has 0 amide bonds. The van der Waals surface area contributed by atoms with E-state index in [1.165, 1.54) is 25.7 Å². The monoisotopic (exact) mass is 210 g/mol. The topological polar surface area (TPSA) is 18.5 Å². The average molecular weight is 210 g/mol. The molecule has 86 valence electrons. The molecule has 1 rings (SSSR count). The molecule has 0 radical (unpaired) electrons. The van der Waals surface area contributed by atoms with Gasteiger partial charge in [-0.25, -0.2) is 0 Å². The van der Waals surface area contributed by atoms with Crippen LogP contribution >= 0.6 is 0 Å². The summed E-state index contributed by atoms with van der Waals surface area (Å²) in [5, 5.41) is 0. The van der Waals surface area contributed by atoms with Crippen LogP contribution in [0.3, 0.4) is 0 Å². The first-order valence-corrected chi connectivity index (χ1v) is 5.82. The molecular weight excluding hydrogens is 188 g/mol. The van der Waals surface area contributed by atoms with E-state index in [0.29, 0.717) is 0 Å². The molecule has 1 aliphatic carbocycles. The minimum absolute atomic E-state index is 0.723. The molecule has 0 aromatic rings. The summed E-state index contributed by atoms with van der Waals surface area (Å²) in [6, 6.07) is 0. The lowest BCUT2D eigenvalue weighted by Crippen LogP contribution is -2.20. The Labute approximate surface area is 93.0 Å². The normalized spacial score (nSPS) is 26.5. The van der Waals surface area contributed by atoms with Gasteiger partial charge in [-0.15, -0.1) is 0 Å². The Balaban J connectivity index is 2.09. The van der Waals surface area contributed by atoms with Crippen LogP contribution in [-0.2, 0) is 9.47 Å². The molecular formula is C13H22O2. The highest BCUT2D eigenvalue weighted by Crippen LogP contribution is 2.29. The van der Waals surface area contributed by atoms with Gasteiger partial charge in [0.2, 0.25) is 0 Å². The third kappa shape index (κ3) is 4.91. The van der Waals surface area contributed by atoms with Crippen LogP contribution in [0.15, 0.2) is 25.2 Å². The molecule has 0 heterocycles. The second-order valence-corrected chi connectivity index (χ2v) is 4.19. The Morgan fingerprint density at radius 3 is 2.07 bits per heavy atom. The van der Waals surface area contributed by atoms with Crippen molar-refractivity contribution in [3.63, 3.8) is 0 Å². The summed E-state index contributed by atoms with van der Waals surface area (Å²) in [5.41, 5.74) is 0. The lowest BCUT2D eigenvalue weighted by Gasteiger charge is -2.27. The smallest absolute Gasteiger partial charge is 0.0901 e. The first kappa shape index (κ1) is 12.2. The summed E-state index contributed by atoms with van der Waals surface area (Å²) < 4.78 is 10.6. The molecule has 1 fully saturated rings. The number of hydrogen-bond acceptors (Lipinski definition) is 2. The summed E-state index contributed by atoms with van der Waals surface area (Å²) >= 11 is 0. The molecule has 0 aromatic heterocycles. The molecule has 15 heavy (non-hydrogen) atoms. The molecule has 0 aliphatic heterocycles. The average Bonchev–Trinajstić information content (AvgIpc) is 2.28. The van der Waals surface area contributed by atoms with Crippen molar-refractivity contribution in [2.24, 2.45) is 11.8 Å². The number of rotatable bonds is 6. The Morgan fingerprint density at radius 1 is 1.07 bits per heavy atom. The quantitative estimate of drug-likeness (QED) is 0.625. The van der Waals surface area contributed by atoms with Gasteiger partial charge >= 0.3 is 0 Å². The van der Waals surface area contributed by atoms with E-state index in [9.17, 15) is 0 Å². The van der Waals surface area contributed by atoms with Crippen LogP contribution in [0.2, 0.25) is 0 Å². The van der Waals surface area contributed by atoms with Crippen molar-refractivity contribution in [1.29, 1.82) is 0 Å². The second kappa shape index (κ2) is 7.38. The molecule has 0 saturated heterocycles. The summed E-state index contributed by atoms with van der Waals surface area (Å²) in [5.74, 6) is 1.46. The van der Waals surface area contributed by atoms with Crippen LogP contribution in [0.1, 0.15) is 32.6 Å². The van der Waals surface area contributed by atoms with E-state index in [4.69, 9.17) is 9.47 Å². The maximum absolute atomic E-state index is 5.41. The SMILES string of the molecule is C=COCC1CCC(CO/C=C/C)CC1. The van der Waals surface area contributed by atoms with Gasteiger partial charge in [0.05, 0.1) is 25.7 Å². The van der Waals surface area contributed by atoms with Crippen molar-refractivity contribution in [2.45, 2.75) is 32.6 Å². The molecule has 0 N–H and O–H groups in total. The van der Waals surface area contributed by atoms with Crippen LogP contribution in [-0.4, -0.2) is 13.2 Å². The van der Waals surface area contributed by atoms with Crippen molar-refractivity contribution in [3.8, 4) is 0 Å². The van der Waals surface area contributed by atoms with Gasteiger partial charge in [-0.3, -0.25) is 0 Å². The zero-order valence-electron chi connectivity index (χ0n) is 9.65. The first-order chi connectivity index (χ1) is 7.36. The van der Waals surface area contributed by atoms with E-state index < -0.39 is 0 Å². The van der Waals surface area contributed by atoms with Crippen molar-refractivity contribution >= 4 is 0 Å². The molecule has 0 aromatic carbocycles. The predicted octanol–water partition coefficient (Wildman–Crippen LogP) is 3.50. The lowest BCUT2D eigenvalue weighted by molar-refractivity contribution is 0.114. The Kier molecular flexibility index (Phi) is 5.98.